The molecule has 1 amide bonds. The van der Waals surface area contributed by atoms with Crippen molar-refractivity contribution in [1.29, 1.82) is 0 Å². The molecule has 68 valence electrons. The van der Waals surface area contributed by atoms with Crippen LogP contribution in [0.1, 0.15) is 10.4 Å². The number of rotatable bonds is 1. The Bertz CT molecular complexity index is 315. The lowest BCUT2D eigenvalue weighted by atomic mass is 10.3. The summed E-state index contributed by atoms with van der Waals surface area (Å²) in [5, 5.41) is 0. The molecule has 0 saturated heterocycles. The lowest BCUT2D eigenvalue weighted by Crippen LogP contribution is -2.39. The Morgan fingerprint density at radius 1 is 1.54 bits per heavy atom. The quantitative estimate of drug-likeness (QED) is 0.394. The van der Waals surface area contributed by atoms with Gasteiger partial charge in [0.15, 0.2) is 0 Å². The summed E-state index contributed by atoms with van der Waals surface area (Å²) >= 11 is 9.07. The fourth-order valence-electron chi connectivity index (χ4n) is 0.677. The highest BCUT2D eigenvalue weighted by molar-refractivity contribution is 8.00. The highest BCUT2D eigenvalue weighted by Crippen LogP contribution is 1.93. The van der Waals surface area contributed by atoms with Crippen molar-refractivity contribution >= 4 is 35.1 Å². The van der Waals surface area contributed by atoms with Gasteiger partial charge in [0.25, 0.3) is 5.91 Å². The van der Waals surface area contributed by atoms with Crippen molar-refractivity contribution in [3.05, 3.63) is 30.1 Å². The van der Waals surface area contributed by atoms with Gasteiger partial charge in [0.1, 0.15) is 0 Å². The molecule has 0 saturated carbocycles. The molecular weight excluding hydrogens is 206 g/mol. The molecule has 0 atom stereocenters. The summed E-state index contributed by atoms with van der Waals surface area (Å²) in [5.74, 6) is -0.319. The molecular formula is C7H6N3OS2-. The summed E-state index contributed by atoms with van der Waals surface area (Å²) in [6.45, 7) is 0. The minimum absolute atomic E-state index is 0.0947. The molecule has 13 heavy (non-hydrogen) atoms. The molecule has 0 bridgehead atoms. The van der Waals surface area contributed by atoms with Gasteiger partial charge < -0.3 is 30.3 Å². The van der Waals surface area contributed by atoms with E-state index in [1.54, 1.807) is 18.3 Å². The predicted molar refractivity (Wildman–Crippen MR) is 54.8 cm³/mol. The first-order valence-corrected chi connectivity index (χ1v) is 4.19. The highest BCUT2D eigenvalue weighted by Gasteiger charge is 2.01. The molecule has 6 heteroatoms. The van der Waals surface area contributed by atoms with Gasteiger partial charge in [0, 0.05) is 12.4 Å². The van der Waals surface area contributed by atoms with Gasteiger partial charge in [-0.1, -0.05) is 0 Å². The third-order valence-corrected chi connectivity index (χ3v) is 1.41. The van der Waals surface area contributed by atoms with Crippen LogP contribution in [0.25, 0.3) is 0 Å². The minimum atomic E-state index is -0.319. The molecule has 1 rings (SSSR count). The van der Waals surface area contributed by atoms with Crippen LogP contribution in [0.4, 0.5) is 0 Å². The van der Waals surface area contributed by atoms with Crippen molar-refractivity contribution in [2.75, 3.05) is 0 Å². The van der Waals surface area contributed by atoms with E-state index in [4.69, 9.17) is 0 Å². The van der Waals surface area contributed by atoms with Crippen LogP contribution in [0.2, 0.25) is 0 Å². The smallest absolute Gasteiger partial charge is 0.271 e. The van der Waals surface area contributed by atoms with E-state index in [9.17, 15) is 4.79 Å². The van der Waals surface area contributed by atoms with Crippen molar-refractivity contribution in [3.63, 3.8) is 0 Å². The number of hydrazine groups is 1. The molecule has 0 aliphatic heterocycles. The van der Waals surface area contributed by atoms with E-state index in [2.05, 4.69) is 40.7 Å². The molecule has 0 radical (unpaired) electrons. The van der Waals surface area contributed by atoms with Gasteiger partial charge in [-0.25, -0.2) is 0 Å². The number of pyridine rings is 1. The van der Waals surface area contributed by atoms with Gasteiger partial charge in [-0.15, -0.1) is 0 Å². The van der Waals surface area contributed by atoms with Crippen LogP contribution in [0, 0.1) is 0 Å². The fourth-order valence-corrected chi connectivity index (χ4v) is 0.779. The van der Waals surface area contributed by atoms with E-state index in [1.807, 2.05) is 0 Å². The van der Waals surface area contributed by atoms with Crippen molar-refractivity contribution in [2.45, 2.75) is 0 Å². The van der Waals surface area contributed by atoms with Gasteiger partial charge in [-0.2, -0.15) is 0 Å². The van der Waals surface area contributed by atoms with Gasteiger partial charge in [-0.3, -0.25) is 15.2 Å². The lowest BCUT2D eigenvalue weighted by Gasteiger charge is -2.10. The monoisotopic (exact) mass is 212 g/mol. The number of amides is 1. The summed E-state index contributed by atoms with van der Waals surface area (Å²) in [6, 6.07) is 3.30. The zero-order valence-corrected chi connectivity index (χ0v) is 8.11. The summed E-state index contributed by atoms with van der Waals surface area (Å²) in [7, 11) is 0. The van der Waals surface area contributed by atoms with Gasteiger partial charge in [0.2, 0.25) is 0 Å². The Morgan fingerprint density at radius 3 is 2.85 bits per heavy atom. The van der Waals surface area contributed by atoms with Crippen LogP contribution in [-0.2, 0) is 12.6 Å². The number of thiocarbonyl (C=S) groups is 1. The highest BCUT2D eigenvalue weighted by atomic mass is 32.1. The van der Waals surface area contributed by atoms with Gasteiger partial charge in [-0.05, 0) is 16.5 Å². The standard InChI is InChI=1S/C7H7N3OS2/c11-6(9-10-7(12)13)5-2-1-3-8-4-5/h1-4H,(H,9,11)(H2,10,12,13)/p-1. The second-order valence-electron chi connectivity index (χ2n) is 2.11. The average molecular weight is 212 g/mol. The Morgan fingerprint density at radius 2 is 2.31 bits per heavy atom. The summed E-state index contributed by atoms with van der Waals surface area (Å²) < 4.78 is 0.0947. The number of carbonyl (C=O) groups is 1. The predicted octanol–water partition coefficient (Wildman–Crippen LogP) is 0.148. The Kier molecular flexibility index (Phi) is 3.53. The maximum Gasteiger partial charge on any atom is 0.271 e. The first-order valence-electron chi connectivity index (χ1n) is 3.37. The number of nitrogens with zero attached hydrogens (tertiary/aromatic N) is 1. The zero-order chi connectivity index (χ0) is 9.68. The zero-order valence-electron chi connectivity index (χ0n) is 6.48. The van der Waals surface area contributed by atoms with Crippen molar-refractivity contribution in [1.82, 2.24) is 15.8 Å². The van der Waals surface area contributed by atoms with E-state index in [0.717, 1.165) is 0 Å². The van der Waals surface area contributed by atoms with E-state index in [0.29, 0.717) is 5.56 Å². The number of carbonyl (C=O) groups excluding carboxylic acids is 1. The van der Waals surface area contributed by atoms with Crippen molar-refractivity contribution < 1.29 is 4.79 Å². The SMILES string of the molecule is O=C(NNC(=S)[S-])c1cccnc1. The molecule has 0 aliphatic carbocycles. The topological polar surface area (TPSA) is 54.0 Å². The van der Waals surface area contributed by atoms with Crippen molar-refractivity contribution in [3.8, 4) is 0 Å². The molecule has 4 nitrogen and oxygen atoms in total. The minimum Gasteiger partial charge on any atom is -0.410 e. The van der Waals surface area contributed by atoms with E-state index < -0.39 is 0 Å². The molecule has 1 heterocycles. The Balaban J connectivity index is 2.54. The first-order chi connectivity index (χ1) is 6.20. The maximum absolute atomic E-state index is 11.2. The van der Waals surface area contributed by atoms with Crippen LogP contribution < -0.4 is 10.9 Å². The number of nitrogens with one attached hydrogen (secondary N) is 2. The molecule has 1 aromatic rings. The van der Waals surface area contributed by atoms with Crippen LogP contribution in [0.15, 0.2) is 24.5 Å². The van der Waals surface area contributed by atoms with Crippen LogP contribution in [0.3, 0.4) is 0 Å². The third kappa shape index (κ3) is 3.30. The number of hydrogen-bond donors (Lipinski definition) is 2. The van der Waals surface area contributed by atoms with Gasteiger partial charge >= 0.3 is 0 Å². The fraction of sp³-hybridized carbons (Fsp3) is 0. The van der Waals surface area contributed by atoms with Crippen LogP contribution in [-0.4, -0.2) is 15.2 Å². The van der Waals surface area contributed by atoms with E-state index >= 15 is 0 Å². The number of aromatic nitrogens is 1. The maximum atomic E-state index is 11.2. The molecule has 2 N–H and O–H groups in total. The molecule has 0 spiro atoms. The first kappa shape index (κ1) is 9.82. The van der Waals surface area contributed by atoms with E-state index in [-0.39, 0.29) is 10.2 Å². The molecule has 0 fully saturated rings. The molecule has 1 aromatic heterocycles. The number of hydrogen-bond acceptors (Lipinski definition) is 4. The van der Waals surface area contributed by atoms with Crippen molar-refractivity contribution in [2.24, 2.45) is 0 Å². The molecule has 0 unspecified atom stereocenters. The van der Waals surface area contributed by atoms with Crippen LogP contribution in [0.5, 0.6) is 0 Å². The Labute approximate surface area is 86.1 Å². The molecule has 0 aliphatic rings. The molecule has 0 aromatic carbocycles. The Hall–Kier alpha value is -1.27. The second kappa shape index (κ2) is 4.68. The van der Waals surface area contributed by atoms with Gasteiger partial charge in [0.05, 0.1) is 5.56 Å². The third-order valence-electron chi connectivity index (χ3n) is 1.20. The van der Waals surface area contributed by atoms with Crippen LogP contribution >= 0.6 is 12.2 Å². The van der Waals surface area contributed by atoms with E-state index in [1.165, 1.54) is 6.20 Å². The average Bonchev–Trinajstić information content (AvgIpc) is 2.15. The summed E-state index contributed by atoms with van der Waals surface area (Å²) in [6.07, 6.45) is 3.03. The lowest BCUT2D eigenvalue weighted by molar-refractivity contribution is 0.0944. The summed E-state index contributed by atoms with van der Waals surface area (Å²) in [5.41, 5.74) is 5.13. The second-order valence-corrected chi connectivity index (χ2v) is 3.18. The largest absolute Gasteiger partial charge is 0.410 e. The normalized spacial score (nSPS) is 8.92. The summed E-state index contributed by atoms with van der Waals surface area (Å²) in [4.78, 5) is 15.0.